The summed E-state index contributed by atoms with van der Waals surface area (Å²) in [5.74, 6) is 0.302. The highest BCUT2D eigenvalue weighted by molar-refractivity contribution is 5.83. The Hall–Kier alpha value is -1.69. The van der Waals surface area contributed by atoms with E-state index >= 15 is 0 Å². The summed E-state index contributed by atoms with van der Waals surface area (Å²) in [5, 5.41) is 3.04. The largest absolute Gasteiger partial charge is 0.368 e. The quantitative estimate of drug-likeness (QED) is 0.787. The zero-order valence-electron chi connectivity index (χ0n) is 10.6. The number of primary amides is 1. The minimum absolute atomic E-state index is 0.270. The van der Waals surface area contributed by atoms with Gasteiger partial charge in [0.15, 0.2) is 0 Å². The molecular formula is C12H19N5O. The summed E-state index contributed by atoms with van der Waals surface area (Å²) in [7, 11) is 1.88. The Kier molecular flexibility index (Phi) is 4.09. The summed E-state index contributed by atoms with van der Waals surface area (Å²) in [6, 6.07) is -0.270. The number of amides is 1. The van der Waals surface area contributed by atoms with Crippen molar-refractivity contribution in [3.8, 4) is 0 Å². The fraction of sp³-hybridized carbons (Fsp3) is 0.583. The van der Waals surface area contributed by atoms with E-state index in [4.69, 9.17) is 5.73 Å². The fourth-order valence-corrected chi connectivity index (χ4v) is 2.26. The van der Waals surface area contributed by atoms with Gasteiger partial charge in [-0.25, -0.2) is 9.97 Å². The number of piperidine rings is 1. The topological polar surface area (TPSA) is 84.1 Å². The lowest BCUT2D eigenvalue weighted by Gasteiger charge is -2.33. The number of carbonyl (C=O) groups excluding carboxylic acids is 1. The summed E-state index contributed by atoms with van der Waals surface area (Å²) >= 11 is 0. The second-order valence-electron chi connectivity index (χ2n) is 4.53. The summed E-state index contributed by atoms with van der Waals surface area (Å²) < 4.78 is 0. The maximum absolute atomic E-state index is 11.4. The van der Waals surface area contributed by atoms with Crippen LogP contribution < -0.4 is 16.0 Å². The molecule has 1 fully saturated rings. The number of nitrogens with two attached hydrogens (primary N) is 1. The first-order chi connectivity index (χ1) is 8.72. The predicted molar refractivity (Wildman–Crippen MR) is 69.0 cm³/mol. The number of anilines is 1. The van der Waals surface area contributed by atoms with Gasteiger partial charge < -0.3 is 16.0 Å². The molecule has 0 saturated carbocycles. The van der Waals surface area contributed by atoms with E-state index in [0.29, 0.717) is 5.95 Å². The van der Waals surface area contributed by atoms with Gasteiger partial charge >= 0.3 is 0 Å². The van der Waals surface area contributed by atoms with Crippen LogP contribution in [0.25, 0.3) is 0 Å². The van der Waals surface area contributed by atoms with E-state index in [0.717, 1.165) is 37.9 Å². The number of aromatic nitrogens is 2. The molecule has 6 nitrogen and oxygen atoms in total. The summed E-state index contributed by atoms with van der Waals surface area (Å²) in [6.07, 6.45) is 6.43. The zero-order valence-corrected chi connectivity index (χ0v) is 10.6. The van der Waals surface area contributed by atoms with Gasteiger partial charge in [0.05, 0.1) is 0 Å². The average Bonchev–Trinajstić information content (AvgIpc) is 2.40. The monoisotopic (exact) mass is 249 g/mol. The van der Waals surface area contributed by atoms with E-state index in [1.165, 1.54) is 0 Å². The van der Waals surface area contributed by atoms with Crippen LogP contribution in [0.15, 0.2) is 12.4 Å². The molecule has 1 aliphatic heterocycles. The molecule has 0 bridgehead atoms. The normalized spacial score (nSPS) is 19.8. The second kappa shape index (κ2) is 5.77. The zero-order chi connectivity index (χ0) is 13.0. The molecule has 1 aliphatic rings. The Morgan fingerprint density at radius 3 is 2.83 bits per heavy atom. The van der Waals surface area contributed by atoms with Crippen LogP contribution in [0.5, 0.6) is 0 Å². The molecule has 18 heavy (non-hydrogen) atoms. The van der Waals surface area contributed by atoms with Gasteiger partial charge in [-0.1, -0.05) is 0 Å². The Bertz CT molecular complexity index is 405. The molecule has 0 spiro atoms. The van der Waals surface area contributed by atoms with Gasteiger partial charge in [-0.15, -0.1) is 0 Å². The summed E-state index contributed by atoms with van der Waals surface area (Å²) in [6.45, 7) is 1.53. The first-order valence-electron chi connectivity index (χ1n) is 6.24. The molecule has 1 aromatic heterocycles. The number of nitrogens with one attached hydrogen (secondary N) is 1. The molecule has 1 aromatic rings. The molecule has 2 rings (SSSR count). The minimum atomic E-state index is -0.294. The van der Waals surface area contributed by atoms with Crippen molar-refractivity contribution in [2.24, 2.45) is 5.73 Å². The van der Waals surface area contributed by atoms with Gasteiger partial charge in [0.25, 0.3) is 0 Å². The molecular weight excluding hydrogens is 230 g/mol. The van der Waals surface area contributed by atoms with E-state index < -0.39 is 0 Å². The van der Waals surface area contributed by atoms with Crippen LogP contribution in [0.3, 0.4) is 0 Å². The minimum Gasteiger partial charge on any atom is -0.368 e. The summed E-state index contributed by atoms with van der Waals surface area (Å²) in [5.41, 5.74) is 6.45. The van der Waals surface area contributed by atoms with Crippen LogP contribution in [0, 0.1) is 0 Å². The molecule has 0 aliphatic carbocycles. The molecule has 6 heteroatoms. The lowest BCUT2D eigenvalue weighted by Crippen LogP contribution is -2.48. The third-order valence-electron chi connectivity index (χ3n) is 3.16. The molecule has 1 unspecified atom stereocenters. The van der Waals surface area contributed by atoms with Crippen LogP contribution >= 0.6 is 0 Å². The number of rotatable bonds is 4. The number of hydrogen-bond donors (Lipinski definition) is 2. The molecule has 2 heterocycles. The van der Waals surface area contributed by atoms with Crippen molar-refractivity contribution >= 4 is 11.9 Å². The molecule has 1 saturated heterocycles. The maximum Gasteiger partial charge on any atom is 0.240 e. The fourth-order valence-electron chi connectivity index (χ4n) is 2.26. The number of hydrogen-bond acceptors (Lipinski definition) is 5. The van der Waals surface area contributed by atoms with Gasteiger partial charge in [-0.05, 0) is 26.3 Å². The van der Waals surface area contributed by atoms with Crippen molar-refractivity contribution in [1.82, 2.24) is 15.3 Å². The molecule has 0 aromatic carbocycles. The molecule has 3 N–H and O–H groups in total. The van der Waals surface area contributed by atoms with Crippen LogP contribution in [-0.4, -0.2) is 35.5 Å². The average molecular weight is 249 g/mol. The summed E-state index contributed by atoms with van der Waals surface area (Å²) in [4.78, 5) is 22.0. The van der Waals surface area contributed by atoms with Crippen molar-refractivity contribution in [3.63, 3.8) is 0 Å². The van der Waals surface area contributed by atoms with Gasteiger partial charge in [-0.2, -0.15) is 0 Å². The lowest BCUT2D eigenvalue weighted by atomic mass is 10.0. The third kappa shape index (κ3) is 2.76. The van der Waals surface area contributed by atoms with Crippen LogP contribution in [0.1, 0.15) is 24.8 Å². The van der Waals surface area contributed by atoms with Crippen molar-refractivity contribution in [2.75, 3.05) is 18.5 Å². The van der Waals surface area contributed by atoms with E-state index in [1.807, 2.05) is 11.9 Å². The van der Waals surface area contributed by atoms with Crippen molar-refractivity contribution in [3.05, 3.63) is 18.0 Å². The van der Waals surface area contributed by atoms with Gasteiger partial charge in [-0.3, -0.25) is 4.79 Å². The molecule has 0 radical (unpaired) electrons. The van der Waals surface area contributed by atoms with E-state index in [2.05, 4.69) is 15.3 Å². The maximum atomic E-state index is 11.4. The molecule has 1 amide bonds. The highest BCUT2D eigenvalue weighted by atomic mass is 16.1. The Labute approximate surface area is 107 Å². The van der Waals surface area contributed by atoms with Crippen LogP contribution in [0.4, 0.5) is 5.95 Å². The highest BCUT2D eigenvalue weighted by Crippen LogP contribution is 2.21. The van der Waals surface area contributed by atoms with Gasteiger partial charge in [0.2, 0.25) is 11.9 Å². The second-order valence-corrected chi connectivity index (χ2v) is 4.53. The smallest absolute Gasteiger partial charge is 0.240 e. The van der Waals surface area contributed by atoms with Gasteiger partial charge in [0, 0.05) is 31.0 Å². The Morgan fingerprint density at radius 1 is 1.50 bits per heavy atom. The van der Waals surface area contributed by atoms with Gasteiger partial charge in [0.1, 0.15) is 6.04 Å². The lowest BCUT2D eigenvalue weighted by molar-refractivity contribution is -0.119. The van der Waals surface area contributed by atoms with Crippen molar-refractivity contribution < 1.29 is 4.79 Å². The predicted octanol–water partition coefficient (Wildman–Crippen LogP) is 0.0402. The van der Waals surface area contributed by atoms with Crippen LogP contribution in [-0.2, 0) is 11.3 Å². The Morgan fingerprint density at radius 2 is 2.22 bits per heavy atom. The SMILES string of the molecule is CNCc1cnc(N2CCCCC2C(N)=O)nc1. The van der Waals surface area contributed by atoms with E-state index in [-0.39, 0.29) is 11.9 Å². The first kappa shape index (κ1) is 12.8. The molecule has 98 valence electrons. The van der Waals surface area contributed by atoms with E-state index in [1.54, 1.807) is 12.4 Å². The van der Waals surface area contributed by atoms with E-state index in [9.17, 15) is 4.79 Å². The number of carbonyl (C=O) groups is 1. The highest BCUT2D eigenvalue weighted by Gasteiger charge is 2.28. The number of nitrogens with zero attached hydrogens (tertiary/aromatic N) is 3. The Balaban J connectivity index is 2.15. The van der Waals surface area contributed by atoms with Crippen molar-refractivity contribution in [2.45, 2.75) is 31.8 Å². The molecule has 1 atom stereocenters. The third-order valence-corrected chi connectivity index (χ3v) is 3.16. The standard InChI is InChI=1S/C12H19N5O/c1-14-6-9-7-15-12(16-8-9)17-5-3-2-4-10(17)11(13)18/h7-8,10,14H,2-6H2,1H3,(H2,13,18). The van der Waals surface area contributed by atoms with Crippen molar-refractivity contribution in [1.29, 1.82) is 0 Å². The first-order valence-corrected chi connectivity index (χ1v) is 6.24. The van der Waals surface area contributed by atoms with Crippen LogP contribution in [0.2, 0.25) is 0 Å².